The van der Waals surface area contributed by atoms with Crippen molar-refractivity contribution >= 4 is 5.91 Å². The number of oxazole rings is 1. The highest BCUT2D eigenvalue weighted by atomic mass is 16.3. The lowest BCUT2D eigenvalue weighted by Crippen LogP contribution is -2.31. The third-order valence-corrected chi connectivity index (χ3v) is 4.94. The molecule has 0 radical (unpaired) electrons. The molecule has 1 amide bonds. The average molecular weight is 387 g/mol. The summed E-state index contributed by atoms with van der Waals surface area (Å²) < 4.78 is 7.22. The third kappa shape index (κ3) is 4.08. The SMILES string of the molecule is CC(c1ccc(-n2cncn2)cc1)N(C)C(=O)Cc1coc(-c2ccccc2)n1. The highest BCUT2D eigenvalue weighted by molar-refractivity contribution is 5.78. The van der Waals surface area contributed by atoms with Crippen molar-refractivity contribution < 1.29 is 9.21 Å². The van der Waals surface area contributed by atoms with E-state index in [4.69, 9.17) is 4.42 Å². The van der Waals surface area contributed by atoms with Gasteiger partial charge in [0.15, 0.2) is 0 Å². The Hall–Kier alpha value is -3.74. The van der Waals surface area contributed by atoms with E-state index in [0.717, 1.165) is 16.8 Å². The molecule has 146 valence electrons. The second-order valence-electron chi connectivity index (χ2n) is 6.80. The number of hydrogen-bond acceptors (Lipinski definition) is 5. The van der Waals surface area contributed by atoms with Crippen molar-refractivity contribution in [2.45, 2.75) is 19.4 Å². The summed E-state index contributed by atoms with van der Waals surface area (Å²) in [5.41, 5.74) is 3.47. The fourth-order valence-corrected chi connectivity index (χ4v) is 3.07. The minimum atomic E-state index is -0.0761. The Balaban J connectivity index is 1.42. The largest absolute Gasteiger partial charge is 0.444 e. The van der Waals surface area contributed by atoms with Crippen LogP contribution in [0.15, 0.2) is 77.9 Å². The Labute approximate surface area is 168 Å². The number of nitrogens with zero attached hydrogens (tertiary/aromatic N) is 5. The number of rotatable bonds is 6. The van der Waals surface area contributed by atoms with Gasteiger partial charge in [0, 0.05) is 12.6 Å². The molecular weight excluding hydrogens is 366 g/mol. The van der Waals surface area contributed by atoms with Gasteiger partial charge in [-0.05, 0) is 36.8 Å². The maximum Gasteiger partial charge on any atom is 0.228 e. The Kier molecular flexibility index (Phi) is 5.20. The summed E-state index contributed by atoms with van der Waals surface area (Å²) >= 11 is 0. The molecule has 0 saturated carbocycles. The van der Waals surface area contributed by atoms with Crippen LogP contribution in [0.1, 0.15) is 24.2 Å². The van der Waals surface area contributed by atoms with E-state index < -0.39 is 0 Å². The maximum absolute atomic E-state index is 12.7. The molecule has 7 nitrogen and oxygen atoms in total. The van der Waals surface area contributed by atoms with Crippen LogP contribution in [0.4, 0.5) is 0 Å². The van der Waals surface area contributed by atoms with Crippen LogP contribution in [0, 0.1) is 0 Å². The van der Waals surface area contributed by atoms with Gasteiger partial charge >= 0.3 is 0 Å². The van der Waals surface area contributed by atoms with Gasteiger partial charge < -0.3 is 9.32 Å². The van der Waals surface area contributed by atoms with Crippen molar-refractivity contribution in [2.24, 2.45) is 0 Å². The van der Waals surface area contributed by atoms with E-state index in [-0.39, 0.29) is 18.4 Å². The van der Waals surface area contributed by atoms with E-state index in [1.807, 2.05) is 61.5 Å². The van der Waals surface area contributed by atoms with Gasteiger partial charge in [-0.25, -0.2) is 14.6 Å². The van der Waals surface area contributed by atoms with E-state index >= 15 is 0 Å². The first-order valence-electron chi connectivity index (χ1n) is 9.32. The minimum Gasteiger partial charge on any atom is -0.444 e. The zero-order valence-corrected chi connectivity index (χ0v) is 16.3. The van der Waals surface area contributed by atoms with E-state index in [2.05, 4.69) is 15.1 Å². The molecule has 0 fully saturated rings. The number of carbonyl (C=O) groups excluding carboxylic acids is 1. The number of aromatic nitrogens is 4. The first kappa shape index (κ1) is 18.6. The van der Waals surface area contributed by atoms with Crippen molar-refractivity contribution in [3.8, 4) is 17.1 Å². The summed E-state index contributed by atoms with van der Waals surface area (Å²) in [7, 11) is 1.80. The van der Waals surface area contributed by atoms with Crippen molar-refractivity contribution in [2.75, 3.05) is 7.05 Å². The highest BCUT2D eigenvalue weighted by Crippen LogP contribution is 2.22. The Bertz CT molecular complexity index is 1070. The summed E-state index contributed by atoms with van der Waals surface area (Å²) in [6.45, 7) is 2.00. The van der Waals surface area contributed by atoms with Crippen molar-refractivity contribution in [3.63, 3.8) is 0 Å². The van der Waals surface area contributed by atoms with Crippen molar-refractivity contribution in [3.05, 3.63) is 84.8 Å². The quantitative estimate of drug-likeness (QED) is 0.504. The molecule has 0 bridgehead atoms. The molecule has 2 aromatic heterocycles. The standard InChI is InChI=1S/C22H21N5O2/c1-16(17-8-10-20(11-9-17)27-15-23-14-24-27)26(2)21(28)12-19-13-29-22(25-19)18-6-4-3-5-7-18/h3-11,13-16H,12H2,1-2H3. The molecule has 0 spiro atoms. The van der Waals surface area contributed by atoms with Crippen LogP contribution in [-0.2, 0) is 11.2 Å². The summed E-state index contributed by atoms with van der Waals surface area (Å²) in [5.74, 6) is 0.499. The summed E-state index contributed by atoms with van der Waals surface area (Å²) in [5, 5.41) is 4.12. The third-order valence-electron chi connectivity index (χ3n) is 4.94. The van der Waals surface area contributed by atoms with Gasteiger partial charge in [-0.2, -0.15) is 5.10 Å². The lowest BCUT2D eigenvalue weighted by molar-refractivity contribution is -0.131. The molecule has 7 heteroatoms. The van der Waals surface area contributed by atoms with Crippen LogP contribution in [0.5, 0.6) is 0 Å². The van der Waals surface area contributed by atoms with Crippen LogP contribution in [0.3, 0.4) is 0 Å². The highest BCUT2D eigenvalue weighted by Gasteiger charge is 2.19. The Morgan fingerprint density at radius 2 is 1.90 bits per heavy atom. The first-order valence-corrected chi connectivity index (χ1v) is 9.32. The fraction of sp³-hybridized carbons (Fsp3) is 0.182. The normalized spacial score (nSPS) is 11.9. The van der Waals surface area contributed by atoms with Crippen molar-refractivity contribution in [1.82, 2.24) is 24.6 Å². The molecule has 1 atom stereocenters. The monoisotopic (exact) mass is 387 g/mol. The van der Waals surface area contributed by atoms with Gasteiger partial charge in [0.1, 0.15) is 18.9 Å². The topological polar surface area (TPSA) is 77.0 Å². The van der Waals surface area contributed by atoms with Gasteiger partial charge in [-0.15, -0.1) is 0 Å². The summed E-state index contributed by atoms with van der Waals surface area (Å²) in [6.07, 6.45) is 4.88. The summed E-state index contributed by atoms with van der Waals surface area (Å²) in [6, 6.07) is 17.5. The van der Waals surface area contributed by atoms with E-state index in [9.17, 15) is 4.79 Å². The van der Waals surface area contributed by atoms with Gasteiger partial charge in [-0.3, -0.25) is 4.79 Å². The number of benzene rings is 2. The first-order chi connectivity index (χ1) is 14.1. The van der Waals surface area contributed by atoms with Gasteiger partial charge in [0.05, 0.1) is 23.8 Å². The molecule has 1 unspecified atom stereocenters. The van der Waals surface area contributed by atoms with Crippen LogP contribution in [-0.4, -0.2) is 37.6 Å². The Morgan fingerprint density at radius 3 is 2.59 bits per heavy atom. The number of likely N-dealkylation sites (N-methyl/N-ethyl adjacent to an activating group) is 1. The zero-order valence-electron chi connectivity index (χ0n) is 16.3. The van der Waals surface area contributed by atoms with Crippen molar-refractivity contribution in [1.29, 1.82) is 0 Å². The lowest BCUT2D eigenvalue weighted by atomic mass is 10.1. The smallest absolute Gasteiger partial charge is 0.228 e. The molecule has 4 aromatic rings. The molecule has 0 N–H and O–H groups in total. The minimum absolute atomic E-state index is 0.0224. The fourth-order valence-electron chi connectivity index (χ4n) is 3.07. The predicted molar refractivity (Wildman–Crippen MR) is 108 cm³/mol. The van der Waals surface area contributed by atoms with E-state index in [1.165, 1.54) is 6.33 Å². The molecule has 2 aromatic carbocycles. The van der Waals surface area contributed by atoms with Crippen LogP contribution in [0.2, 0.25) is 0 Å². The molecule has 4 rings (SSSR count). The zero-order chi connectivity index (χ0) is 20.2. The maximum atomic E-state index is 12.7. The predicted octanol–water partition coefficient (Wildman–Crippen LogP) is 3.68. The van der Waals surface area contributed by atoms with Crippen LogP contribution in [0.25, 0.3) is 17.1 Å². The van der Waals surface area contributed by atoms with Gasteiger partial charge in [0.2, 0.25) is 11.8 Å². The molecule has 0 saturated heterocycles. The molecular formula is C22H21N5O2. The molecule has 0 aliphatic carbocycles. The second kappa shape index (κ2) is 8.10. The van der Waals surface area contributed by atoms with E-state index in [0.29, 0.717) is 11.6 Å². The van der Waals surface area contributed by atoms with Crippen LogP contribution >= 0.6 is 0 Å². The second-order valence-corrected chi connectivity index (χ2v) is 6.80. The molecule has 2 heterocycles. The number of amides is 1. The molecule has 29 heavy (non-hydrogen) atoms. The number of carbonyl (C=O) groups is 1. The Morgan fingerprint density at radius 1 is 1.14 bits per heavy atom. The van der Waals surface area contributed by atoms with Gasteiger partial charge in [-0.1, -0.05) is 30.3 Å². The average Bonchev–Trinajstić information content (AvgIpc) is 3.46. The van der Waals surface area contributed by atoms with Gasteiger partial charge in [0.25, 0.3) is 0 Å². The number of hydrogen-bond donors (Lipinski definition) is 0. The summed E-state index contributed by atoms with van der Waals surface area (Å²) in [4.78, 5) is 22.9. The molecule has 0 aliphatic rings. The lowest BCUT2D eigenvalue weighted by Gasteiger charge is -2.25. The molecule has 0 aliphatic heterocycles. The van der Waals surface area contributed by atoms with E-state index in [1.54, 1.807) is 29.2 Å². The van der Waals surface area contributed by atoms with Crippen LogP contribution < -0.4 is 0 Å².